The van der Waals surface area contributed by atoms with E-state index in [1.54, 1.807) is 19.1 Å². The number of rotatable bonds is 6. The topological polar surface area (TPSA) is 67.9 Å². The van der Waals surface area contributed by atoms with Crippen molar-refractivity contribution in [2.45, 2.75) is 38.8 Å². The van der Waals surface area contributed by atoms with Gasteiger partial charge in [-0.05, 0) is 62.2 Å². The zero-order chi connectivity index (χ0) is 21.0. The van der Waals surface area contributed by atoms with Crippen molar-refractivity contribution in [3.63, 3.8) is 0 Å². The molecule has 1 saturated heterocycles. The van der Waals surface area contributed by atoms with Gasteiger partial charge in [0.2, 0.25) is 11.8 Å². The number of piperidine rings is 1. The number of amides is 2. The van der Waals surface area contributed by atoms with Gasteiger partial charge in [-0.2, -0.15) is 0 Å². The number of carbonyl (C=O) groups excluding carboxylic acids is 2. The highest BCUT2D eigenvalue weighted by Gasteiger charge is 2.41. The monoisotopic (exact) mass is 396 g/mol. The lowest BCUT2D eigenvalue weighted by Gasteiger charge is -2.41. The molecule has 3 rings (SSSR count). The molecule has 1 aliphatic heterocycles. The van der Waals surface area contributed by atoms with E-state index < -0.39 is 6.04 Å². The van der Waals surface area contributed by atoms with Crippen molar-refractivity contribution in [3.8, 4) is 11.5 Å². The summed E-state index contributed by atoms with van der Waals surface area (Å²) in [5, 5.41) is 3.02. The molecule has 0 radical (unpaired) electrons. The van der Waals surface area contributed by atoms with Crippen LogP contribution in [0, 0.1) is 5.92 Å². The number of methoxy groups -OCH3 is 2. The Balaban J connectivity index is 2.05. The average Bonchev–Trinajstić information content (AvgIpc) is 2.73. The fraction of sp³-hybridized carbons (Fsp3) is 0.391. The molecule has 1 heterocycles. The van der Waals surface area contributed by atoms with E-state index in [1.807, 2.05) is 62.4 Å². The molecule has 0 aromatic heterocycles. The van der Waals surface area contributed by atoms with Crippen LogP contribution in [0.2, 0.25) is 0 Å². The van der Waals surface area contributed by atoms with Crippen LogP contribution in [0.5, 0.6) is 11.5 Å². The minimum atomic E-state index is -0.394. The lowest BCUT2D eigenvalue weighted by atomic mass is 9.83. The summed E-state index contributed by atoms with van der Waals surface area (Å²) in [6.45, 7) is 3.88. The van der Waals surface area contributed by atoms with Crippen LogP contribution in [0.25, 0.3) is 0 Å². The van der Waals surface area contributed by atoms with Crippen LogP contribution in [-0.2, 0) is 9.59 Å². The van der Waals surface area contributed by atoms with Gasteiger partial charge in [0.05, 0.1) is 26.2 Å². The summed E-state index contributed by atoms with van der Waals surface area (Å²) in [6, 6.07) is 14.6. The van der Waals surface area contributed by atoms with Crippen LogP contribution in [-0.4, -0.2) is 32.1 Å². The number of benzene rings is 2. The smallest absolute Gasteiger partial charge is 0.227 e. The van der Waals surface area contributed by atoms with Crippen LogP contribution in [0.3, 0.4) is 0 Å². The number of anilines is 1. The molecule has 6 nitrogen and oxygen atoms in total. The van der Waals surface area contributed by atoms with Crippen LogP contribution >= 0.6 is 0 Å². The maximum atomic E-state index is 13.0. The van der Waals surface area contributed by atoms with Gasteiger partial charge in [-0.15, -0.1) is 0 Å². The molecule has 2 amide bonds. The van der Waals surface area contributed by atoms with E-state index >= 15 is 0 Å². The summed E-state index contributed by atoms with van der Waals surface area (Å²) in [4.78, 5) is 27.7. The molecule has 1 N–H and O–H groups in total. The molecule has 1 aliphatic rings. The second kappa shape index (κ2) is 8.99. The maximum Gasteiger partial charge on any atom is 0.227 e. The Morgan fingerprint density at radius 1 is 1.00 bits per heavy atom. The number of hydrogen-bond acceptors (Lipinski definition) is 4. The van der Waals surface area contributed by atoms with E-state index in [-0.39, 0.29) is 23.8 Å². The van der Waals surface area contributed by atoms with Crippen molar-refractivity contribution >= 4 is 17.5 Å². The molecule has 2 aromatic carbocycles. The molecule has 154 valence electrons. The average molecular weight is 396 g/mol. The molecule has 6 heteroatoms. The standard InChI is InChI=1S/C23H28N2O4/c1-15(2)24-23(27)20-13-14-21(26)25(17-7-11-19(29-4)12-8-17)22(20)16-5-9-18(28-3)10-6-16/h5-12,15,20,22H,13-14H2,1-4H3,(H,24,27)/t20-,22+/m0/s1. The van der Waals surface area contributed by atoms with Crippen LogP contribution < -0.4 is 19.7 Å². The van der Waals surface area contributed by atoms with Gasteiger partial charge < -0.3 is 19.7 Å². The number of ether oxygens (including phenoxy) is 2. The van der Waals surface area contributed by atoms with Crippen LogP contribution in [0.4, 0.5) is 5.69 Å². The second-order valence-corrected chi connectivity index (χ2v) is 7.49. The van der Waals surface area contributed by atoms with E-state index in [9.17, 15) is 9.59 Å². The normalized spacial score (nSPS) is 19.2. The first kappa shape index (κ1) is 20.7. The number of hydrogen-bond donors (Lipinski definition) is 1. The van der Waals surface area contributed by atoms with Crippen LogP contribution in [0.15, 0.2) is 48.5 Å². The van der Waals surface area contributed by atoms with E-state index in [2.05, 4.69) is 5.32 Å². The Kier molecular flexibility index (Phi) is 6.42. The largest absolute Gasteiger partial charge is 0.497 e. The summed E-state index contributed by atoms with van der Waals surface area (Å²) in [5.41, 5.74) is 1.65. The van der Waals surface area contributed by atoms with E-state index in [0.717, 1.165) is 17.0 Å². The quantitative estimate of drug-likeness (QED) is 0.808. The molecule has 0 bridgehead atoms. The highest BCUT2D eigenvalue weighted by atomic mass is 16.5. The third-order valence-electron chi connectivity index (χ3n) is 5.17. The SMILES string of the molecule is COc1ccc([C@@H]2[C@@H](C(=O)NC(C)C)CCC(=O)N2c2ccc(OC)cc2)cc1. The van der Waals surface area contributed by atoms with Crippen molar-refractivity contribution in [3.05, 3.63) is 54.1 Å². The third kappa shape index (κ3) is 4.53. The van der Waals surface area contributed by atoms with Gasteiger partial charge in [-0.3, -0.25) is 9.59 Å². The Bertz CT molecular complexity index is 846. The first-order chi connectivity index (χ1) is 13.9. The van der Waals surface area contributed by atoms with Gasteiger partial charge in [0.25, 0.3) is 0 Å². The highest BCUT2D eigenvalue weighted by molar-refractivity contribution is 5.97. The molecular weight excluding hydrogens is 368 g/mol. The first-order valence-electron chi connectivity index (χ1n) is 9.85. The highest BCUT2D eigenvalue weighted by Crippen LogP contribution is 2.40. The molecule has 2 atom stereocenters. The Labute approximate surface area is 171 Å². The van der Waals surface area contributed by atoms with Gasteiger partial charge in [-0.1, -0.05) is 12.1 Å². The van der Waals surface area contributed by atoms with Gasteiger partial charge in [0.1, 0.15) is 11.5 Å². The number of nitrogens with one attached hydrogen (secondary N) is 1. The van der Waals surface area contributed by atoms with Crippen molar-refractivity contribution in [1.82, 2.24) is 5.32 Å². The van der Waals surface area contributed by atoms with Crippen molar-refractivity contribution in [1.29, 1.82) is 0 Å². The minimum absolute atomic E-state index is 0.00424. The summed E-state index contributed by atoms with van der Waals surface area (Å²) >= 11 is 0. The van der Waals surface area contributed by atoms with Gasteiger partial charge in [0, 0.05) is 18.2 Å². The van der Waals surface area contributed by atoms with Crippen molar-refractivity contribution < 1.29 is 19.1 Å². The first-order valence-corrected chi connectivity index (χ1v) is 9.85. The van der Waals surface area contributed by atoms with Gasteiger partial charge in [-0.25, -0.2) is 0 Å². The molecule has 29 heavy (non-hydrogen) atoms. The molecule has 0 aliphatic carbocycles. The fourth-order valence-corrected chi connectivity index (χ4v) is 3.79. The molecule has 0 spiro atoms. The molecular formula is C23H28N2O4. The van der Waals surface area contributed by atoms with Gasteiger partial charge >= 0.3 is 0 Å². The molecule has 0 saturated carbocycles. The molecule has 0 unspecified atom stereocenters. The molecule has 1 fully saturated rings. The lowest BCUT2D eigenvalue weighted by Crippen LogP contribution is -2.49. The van der Waals surface area contributed by atoms with Gasteiger partial charge in [0.15, 0.2) is 0 Å². The second-order valence-electron chi connectivity index (χ2n) is 7.49. The zero-order valence-corrected chi connectivity index (χ0v) is 17.3. The lowest BCUT2D eigenvalue weighted by molar-refractivity contribution is -0.129. The summed E-state index contributed by atoms with van der Waals surface area (Å²) in [6.07, 6.45) is 0.843. The van der Waals surface area contributed by atoms with Crippen molar-refractivity contribution in [2.24, 2.45) is 5.92 Å². The van der Waals surface area contributed by atoms with Crippen molar-refractivity contribution in [2.75, 3.05) is 19.1 Å². The number of carbonyl (C=O) groups is 2. The number of nitrogens with zero attached hydrogens (tertiary/aromatic N) is 1. The summed E-state index contributed by atoms with van der Waals surface area (Å²) < 4.78 is 10.5. The van der Waals surface area contributed by atoms with E-state index in [4.69, 9.17) is 9.47 Å². The third-order valence-corrected chi connectivity index (χ3v) is 5.17. The zero-order valence-electron chi connectivity index (χ0n) is 17.3. The summed E-state index contributed by atoms with van der Waals surface area (Å²) in [5.74, 6) is 1.07. The van der Waals surface area contributed by atoms with E-state index in [1.165, 1.54) is 0 Å². The Morgan fingerprint density at radius 3 is 2.07 bits per heavy atom. The van der Waals surface area contributed by atoms with Crippen LogP contribution in [0.1, 0.15) is 38.3 Å². The Hall–Kier alpha value is -3.02. The fourth-order valence-electron chi connectivity index (χ4n) is 3.79. The molecule has 2 aromatic rings. The van der Waals surface area contributed by atoms with E-state index in [0.29, 0.717) is 18.6 Å². The minimum Gasteiger partial charge on any atom is -0.497 e. The maximum absolute atomic E-state index is 13.0. The summed E-state index contributed by atoms with van der Waals surface area (Å²) in [7, 11) is 3.22. The Morgan fingerprint density at radius 2 is 1.55 bits per heavy atom. The predicted octanol–water partition coefficient (Wildman–Crippen LogP) is 3.71. The predicted molar refractivity (Wildman–Crippen MR) is 112 cm³/mol.